The maximum absolute atomic E-state index is 12.1. The molecule has 1 aromatic heterocycles. The van der Waals surface area contributed by atoms with Crippen molar-refractivity contribution in [2.24, 2.45) is 0 Å². The van der Waals surface area contributed by atoms with E-state index in [1.165, 1.54) is 22.9 Å². The number of nitrogens with zero attached hydrogens (tertiary/aromatic N) is 3. The number of anilines is 1. The monoisotopic (exact) mass is 511 g/mol. The topological polar surface area (TPSA) is 89.0 Å². The average molecular weight is 512 g/mol. The number of carbonyl (C=O) groups excluding carboxylic acids is 1. The van der Waals surface area contributed by atoms with Crippen molar-refractivity contribution in [3.05, 3.63) is 83.2 Å². The molecule has 3 aromatic rings. The summed E-state index contributed by atoms with van der Waals surface area (Å²) >= 11 is 7.44. The highest BCUT2D eigenvalue weighted by molar-refractivity contribution is 7.99. The van der Waals surface area contributed by atoms with Crippen LogP contribution in [0.4, 0.5) is 10.7 Å². The first-order valence-corrected chi connectivity index (χ1v) is 12.6. The molecule has 0 saturated carbocycles. The van der Waals surface area contributed by atoms with Crippen LogP contribution in [0.25, 0.3) is 0 Å². The highest BCUT2D eigenvalue weighted by Gasteiger charge is 2.14. The van der Waals surface area contributed by atoms with E-state index in [9.17, 15) is 4.79 Å². The molecule has 35 heavy (non-hydrogen) atoms. The predicted octanol–water partition coefficient (Wildman–Crippen LogP) is 6.04. The lowest BCUT2D eigenvalue weighted by molar-refractivity contribution is 0.252. The maximum Gasteiger partial charge on any atom is 0.321 e. The van der Waals surface area contributed by atoms with Gasteiger partial charge in [-0.15, -0.1) is 6.58 Å². The molecule has 2 aromatic carbocycles. The van der Waals surface area contributed by atoms with Gasteiger partial charge in [-0.05, 0) is 47.2 Å². The van der Waals surface area contributed by atoms with Crippen LogP contribution in [-0.2, 0) is 18.4 Å². The van der Waals surface area contributed by atoms with Crippen LogP contribution in [0, 0.1) is 0 Å². The molecule has 0 unspecified atom stereocenters. The van der Waals surface area contributed by atoms with Crippen molar-refractivity contribution in [2.45, 2.75) is 44.4 Å². The Hall–Kier alpha value is -3.10. The third-order valence-electron chi connectivity index (χ3n) is 4.92. The van der Waals surface area contributed by atoms with E-state index in [1.54, 1.807) is 6.08 Å². The molecule has 2 amide bonds. The Morgan fingerprint density at radius 2 is 1.80 bits per heavy atom. The molecule has 0 saturated heterocycles. The molecule has 0 aliphatic carbocycles. The van der Waals surface area contributed by atoms with Gasteiger partial charge in [0.1, 0.15) is 12.4 Å². The summed E-state index contributed by atoms with van der Waals surface area (Å²) in [6, 6.07) is 15.3. The van der Waals surface area contributed by atoms with E-state index in [0.29, 0.717) is 28.3 Å². The molecule has 3 rings (SSSR count). The molecule has 0 atom stereocenters. The molecule has 0 spiro atoms. The van der Waals surface area contributed by atoms with E-state index in [-0.39, 0.29) is 18.0 Å². The zero-order valence-electron chi connectivity index (χ0n) is 20.2. The number of halogens is 1. The molecule has 0 bridgehead atoms. The molecule has 7 nitrogen and oxygen atoms in total. The number of thioether (sulfide) groups is 1. The van der Waals surface area contributed by atoms with Crippen molar-refractivity contribution in [3.8, 4) is 5.75 Å². The van der Waals surface area contributed by atoms with Crippen molar-refractivity contribution < 1.29 is 9.53 Å². The van der Waals surface area contributed by atoms with Gasteiger partial charge in [0, 0.05) is 17.3 Å². The van der Waals surface area contributed by atoms with Crippen LogP contribution in [0.15, 0.2) is 66.3 Å². The number of rotatable bonds is 10. The number of hydrogen-bond donors (Lipinski definition) is 2. The van der Waals surface area contributed by atoms with Gasteiger partial charge in [-0.25, -0.2) is 9.78 Å². The lowest BCUT2D eigenvalue weighted by Gasteiger charge is -2.19. The Morgan fingerprint density at radius 3 is 2.46 bits per heavy atom. The van der Waals surface area contributed by atoms with E-state index < -0.39 is 6.03 Å². The quantitative estimate of drug-likeness (QED) is 0.254. The summed E-state index contributed by atoms with van der Waals surface area (Å²) < 4.78 is 5.91. The summed E-state index contributed by atoms with van der Waals surface area (Å²) in [5.74, 6) is 2.06. The third kappa shape index (κ3) is 8.88. The summed E-state index contributed by atoms with van der Waals surface area (Å²) in [5.41, 5.74) is 2.46. The molecule has 184 valence electrons. The second kappa shape index (κ2) is 12.6. The highest BCUT2D eigenvalue weighted by atomic mass is 35.5. The molecular formula is C26H30ClN5O2S. The Bertz CT molecular complexity index is 1130. The van der Waals surface area contributed by atoms with Crippen molar-refractivity contribution >= 4 is 35.3 Å². The van der Waals surface area contributed by atoms with Crippen LogP contribution in [0.3, 0.4) is 0 Å². The van der Waals surface area contributed by atoms with E-state index >= 15 is 0 Å². The number of nitrogens with one attached hydrogen (secondary N) is 2. The number of amides is 2. The van der Waals surface area contributed by atoms with Gasteiger partial charge in [0.2, 0.25) is 5.95 Å². The molecule has 0 aliphatic heterocycles. The van der Waals surface area contributed by atoms with Gasteiger partial charge >= 0.3 is 6.03 Å². The zero-order chi connectivity index (χ0) is 25.3. The zero-order valence-corrected chi connectivity index (χ0v) is 21.7. The third-order valence-corrected chi connectivity index (χ3v) is 6.02. The lowest BCUT2D eigenvalue weighted by atomic mass is 9.87. The van der Waals surface area contributed by atoms with Gasteiger partial charge in [-0.1, -0.05) is 74.5 Å². The Morgan fingerprint density at radius 1 is 1.09 bits per heavy atom. The molecule has 0 aliphatic rings. The maximum atomic E-state index is 12.1. The van der Waals surface area contributed by atoms with Gasteiger partial charge in [-0.2, -0.15) is 9.97 Å². The largest absolute Gasteiger partial charge is 0.486 e. The fraction of sp³-hybridized carbons (Fsp3) is 0.308. The minimum atomic E-state index is -0.419. The van der Waals surface area contributed by atoms with Gasteiger partial charge in [0.15, 0.2) is 11.0 Å². The minimum absolute atomic E-state index is 0.0671. The van der Waals surface area contributed by atoms with Crippen LogP contribution >= 0.6 is 23.4 Å². The van der Waals surface area contributed by atoms with E-state index in [4.69, 9.17) is 16.3 Å². The van der Waals surface area contributed by atoms with Crippen LogP contribution in [0.1, 0.15) is 37.7 Å². The van der Waals surface area contributed by atoms with Gasteiger partial charge in [-0.3, -0.25) is 5.32 Å². The summed E-state index contributed by atoms with van der Waals surface area (Å²) in [6.45, 7) is 10.6. The standard InChI is InChI=1S/C26H30ClN5O2S/c1-5-15-28-24(33)31-23-29-22(17-34-21-12-8-19(9-13-21)26(2,3)4)30-25(32-23)35-16-14-18-6-10-20(27)11-7-18/h5-13H,1,14-17H2,2-4H3,(H2,28,29,30,31,32,33). The molecule has 9 heteroatoms. The second-order valence-corrected chi connectivity index (χ2v) is 10.3. The van der Waals surface area contributed by atoms with Crippen molar-refractivity contribution in [1.82, 2.24) is 20.3 Å². The number of carbonyl (C=O) groups is 1. The fourth-order valence-electron chi connectivity index (χ4n) is 3.00. The van der Waals surface area contributed by atoms with Crippen LogP contribution in [0.5, 0.6) is 5.75 Å². The summed E-state index contributed by atoms with van der Waals surface area (Å²) in [6.07, 6.45) is 2.41. The number of aromatic nitrogens is 3. The van der Waals surface area contributed by atoms with E-state index in [1.807, 2.05) is 36.4 Å². The van der Waals surface area contributed by atoms with Gasteiger partial charge in [0.25, 0.3) is 0 Å². The highest BCUT2D eigenvalue weighted by Crippen LogP contribution is 2.25. The van der Waals surface area contributed by atoms with Gasteiger partial charge in [0.05, 0.1) is 0 Å². The SMILES string of the molecule is C=CCNC(=O)Nc1nc(COc2ccc(C(C)(C)C)cc2)nc(SCCc2ccc(Cl)cc2)n1. The predicted molar refractivity (Wildman–Crippen MR) is 142 cm³/mol. The van der Waals surface area contributed by atoms with Crippen molar-refractivity contribution in [1.29, 1.82) is 0 Å². The van der Waals surface area contributed by atoms with E-state index in [0.717, 1.165) is 12.2 Å². The Kier molecular flexibility index (Phi) is 9.51. The number of ether oxygens (including phenoxy) is 1. The average Bonchev–Trinajstić information content (AvgIpc) is 2.82. The number of urea groups is 1. The van der Waals surface area contributed by atoms with Crippen LogP contribution in [0.2, 0.25) is 5.02 Å². The molecule has 2 N–H and O–H groups in total. The summed E-state index contributed by atoms with van der Waals surface area (Å²) in [5, 5.41) is 6.52. The Balaban J connectivity index is 1.69. The normalized spacial score (nSPS) is 11.1. The molecule has 1 heterocycles. The van der Waals surface area contributed by atoms with Gasteiger partial charge < -0.3 is 10.1 Å². The van der Waals surface area contributed by atoms with Crippen molar-refractivity contribution in [2.75, 3.05) is 17.6 Å². The van der Waals surface area contributed by atoms with E-state index in [2.05, 4.69) is 65.1 Å². The van der Waals surface area contributed by atoms with Crippen LogP contribution < -0.4 is 15.4 Å². The number of hydrogen-bond acceptors (Lipinski definition) is 6. The summed E-state index contributed by atoms with van der Waals surface area (Å²) in [4.78, 5) is 25.4. The number of aryl methyl sites for hydroxylation is 1. The first-order chi connectivity index (χ1) is 16.7. The summed E-state index contributed by atoms with van der Waals surface area (Å²) in [7, 11) is 0. The first kappa shape index (κ1) is 26.5. The second-order valence-electron chi connectivity index (χ2n) is 8.77. The smallest absolute Gasteiger partial charge is 0.321 e. The molecular weight excluding hydrogens is 482 g/mol. The minimum Gasteiger partial charge on any atom is -0.486 e. The van der Waals surface area contributed by atoms with Crippen LogP contribution in [-0.4, -0.2) is 33.3 Å². The fourth-order valence-corrected chi connectivity index (χ4v) is 3.97. The van der Waals surface area contributed by atoms with Crippen molar-refractivity contribution in [3.63, 3.8) is 0 Å². The lowest BCUT2D eigenvalue weighted by Crippen LogP contribution is -2.29. The first-order valence-electron chi connectivity index (χ1n) is 11.2. The Labute approximate surface area is 215 Å². The molecule has 0 fully saturated rings. The number of benzene rings is 2. The molecule has 0 radical (unpaired) electrons.